The van der Waals surface area contributed by atoms with Crippen LogP contribution < -0.4 is 5.32 Å². The molecule has 0 saturated heterocycles. The molecule has 3 aromatic carbocycles. The lowest BCUT2D eigenvalue weighted by molar-refractivity contribution is -0.121. The highest BCUT2D eigenvalue weighted by molar-refractivity contribution is 5.87. The Morgan fingerprint density at radius 3 is 2.61 bits per heavy atom. The van der Waals surface area contributed by atoms with Gasteiger partial charge in [0.25, 0.3) is 0 Å². The molecule has 2 nitrogen and oxygen atoms in total. The van der Waals surface area contributed by atoms with Crippen LogP contribution in [0.3, 0.4) is 0 Å². The molecule has 0 spiro atoms. The summed E-state index contributed by atoms with van der Waals surface area (Å²) in [6.07, 6.45) is 0.173. The van der Waals surface area contributed by atoms with E-state index < -0.39 is 0 Å². The molecule has 0 aliphatic rings. The highest BCUT2D eigenvalue weighted by Gasteiger charge is 2.12. The van der Waals surface area contributed by atoms with Gasteiger partial charge in [0.15, 0.2) is 0 Å². The van der Waals surface area contributed by atoms with E-state index in [1.165, 1.54) is 12.1 Å². The normalized spacial score (nSPS) is 12.1. The molecule has 23 heavy (non-hydrogen) atoms. The Morgan fingerprint density at radius 2 is 1.78 bits per heavy atom. The van der Waals surface area contributed by atoms with Crippen LogP contribution in [0.15, 0.2) is 66.7 Å². The number of benzene rings is 3. The third-order valence-electron chi connectivity index (χ3n) is 3.92. The largest absolute Gasteiger partial charge is 0.349 e. The van der Waals surface area contributed by atoms with E-state index in [9.17, 15) is 9.18 Å². The maximum atomic E-state index is 13.2. The number of amides is 1. The third kappa shape index (κ3) is 3.57. The van der Waals surface area contributed by atoms with Gasteiger partial charge in [0, 0.05) is 0 Å². The number of hydrogen-bond acceptors (Lipinski definition) is 1. The van der Waals surface area contributed by atoms with Crippen LogP contribution >= 0.6 is 0 Å². The van der Waals surface area contributed by atoms with E-state index in [1.807, 2.05) is 31.2 Å². The van der Waals surface area contributed by atoms with Crippen molar-refractivity contribution >= 4 is 16.7 Å². The highest BCUT2D eigenvalue weighted by atomic mass is 19.1. The Labute approximate surface area is 135 Å². The van der Waals surface area contributed by atoms with E-state index in [2.05, 4.69) is 23.5 Å². The second-order valence-corrected chi connectivity index (χ2v) is 5.66. The van der Waals surface area contributed by atoms with E-state index in [0.29, 0.717) is 5.56 Å². The fourth-order valence-electron chi connectivity index (χ4n) is 2.83. The van der Waals surface area contributed by atoms with Crippen molar-refractivity contribution in [3.8, 4) is 0 Å². The summed E-state index contributed by atoms with van der Waals surface area (Å²) in [4.78, 5) is 12.2. The average molecular weight is 307 g/mol. The number of carbonyl (C=O) groups is 1. The van der Waals surface area contributed by atoms with Crippen LogP contribution in [-0.2, 0) is 11.2 Å². The Kier molecular flexibility index (Phi) is 4.38. The van der Waals surface area contributed by atoms with Gasteiger partial charge in [-0.25, -0.2) is 4.39 Å². The number of fused-ring (bicyclic) bond motifs is 1. The van der Waals surface area contributed by atoms with Crippen molar-refractivity contribution in [2.24, 2.45) is 0 Å². The van der Waals surface area contributed by atoms with Crippen molar-refractivity contribution < 1.29 is 9.18 Å². The third-order valence-corrected chi connectivity index (χ3v) is 3.92. The predicted octanol–water partition coefficient (Wildman–Crippen LogP) is 4.40. The van der Waals surface area contributed by atoms with Gasteiger partial charge in [-0.2, -0.15) is 0 Å². The molecule has 3 rings (SSSR count). The first kappa shape index (κ1) is 15.2. The molecule has 0 aliphatic heterocycles. The average Bonchev–Trinajstić information content (AvgIpc) is 2.54. The summed E-state index contributed by atoms with van der Waals surface area (Å²) < 4.78 is 13.2. The van der Waals surface area contributed by atoms with E-state index in [4.69, 9.17) is 0 Å². The number of carbonyl (C=O) groups excluding carboxylic acids is 1. The van der Waals surface area contributed by atoms with Crippen molar-refractivity contribution in [1.82, 2.24) is 5.32 Å². The molecule has 1 N–H and O–H groups in total. The van der Waals surface area contributed by atoms with Crippen LogP contribution in [0.4, 0.5) is 4.39 Å². The zero-order chi connectivity index (χ0) is 16.2. The van der Waals surface area contributed by atoms with Gasteiger partial charge in [-0.05, 0) is 41.0 Å². The SMILES string of the molecule is CC(NC(=O)Cc1cccc(F)c1)c1cccc2ccccc12. The first-order chi connectivity index (χ1) is 11.1. The minimum absolute atomic E-state index is 0.109. The van der Waals surface area contributed by atoms with Gasteiger partial charge in [-0.15, -0.1) is 0 Å². The predicted molar refractivity (Wildman–Crippen MR) is 90.6 cm³/mol. The zero-order valence-corrected chi connectivity index (χ0v) is 12.9. The summed E-state index contributed by atoms with van der Waals surface area (Å²) in [5.74, 6) is -0.437. The van der Waals surface area contributed by atoms with Gasteiger partial charge in [0.1, 0.15) is 5.82 Å². The van der Waals surface area contributed by atoms with Crippen LogP contribution in [-0.4, -0.2) is 5.91 Å². The molecular weight excluding hydrogens is 289 g/mol. The van der Waals surface area contributed by atoms with Crippen molar-refractivity contribution in [2.45, 2.75) is 19.4 Å². The quantitative estimate of drug-likeness (QED) is 0.760. The summed E-state index contributed by atoms with van der Waals surface area (Å²) in [6, 6.07) is 20.2. The van der Waals surface area contributed by atoms with Gasteiger partial charge in [0.05, 0.1) is 12.5 Å². The van der Waals surface area contributed by atoms with Crippen molar-refractivity contribution in [1.29, 1.82) is 0 Å². The number of halogens is 1. The summed E-state index contributed by atoms with van der Waals surface area (Å²) in [7, 11) is 0. The lowest BCUT2D eigenvalue weighted by atomic mass is 9.99. The standard InChI is InChI=1S/C20H18FNO/c1-14(18-11-5-8-16-7-2-3-10-19(16)18)22-20(23)13-15-6-4-9-17(21)12-15/h2-12,14H,13H2,1H3,(H,22,23). The molecule has 116 valence electrons. The van der Waals surface area contributed by atoms with Gasteiger partial charge in [-0.3, -0.25) is 4.79 Å². The van der Waals surface area contributed by atoms with E-state index in [0.717, 1.165) is 16.3 Å². The molecule has 3 heteroatoms. The van der Waals surface area contributed by atoms with E-state index in [1.54, 1.807) is 12.1 Å². The molecule has 0 radical (unpaired) electrons. The lowest BCUT2D eigenvalue weighted by Crippen LogP contribution is -2.28. The van der Waals surface area contributed by atoms with Gasteiger partial charge >= 0.3 is 0 Å². The Hall–Kier alpha value is -2.68. The summed E-state index contributed by atoms with van der Waals surface area (Å²) in [5, 5.41) is 5.28. The molecule has 0 heterocycles. The smallest absolute Gasteiger partial charge is 0.224 e. The van der Waals surface area contributed by atoms with Crippen molar-refractivity contribution in [3.05, 3.63) is 83.7 Å². The summed E-state index contributed by atoms with van der Waals surface area (Å²) >= 11 is 0. The molecule has 1 atom stereocenters. The Balaban J connectivity index is 1.75. The summed E-state index contributed by atoms with van der Waals surface area (Å²) in [5.41, 5.74) is 1.75. The fraction of sp³-hybridized carbons (Fsp3) is 0.150. The number of hydrogen-bond donors (Lipinski definition) is 1. The second kappa shape index (κ2) is 6.61. The van der Waals surface area contributed by atoms with Crippen LogP contribution in [0.25, 0.3) is 10.8 Å². The molecule has 0 aromatic heterocycles. The number of rotatable bonds is 4. The Bertz CT molecular complexity index is 838. The maximum absolute atomic E-state index is 13.2. The zero-order valence-electron chi connectivity index (χ0n) is 12.9. The van der Waals surface area contributed by atoms with Crippen LogP contribution in [0, 0.1) is 5.82 Å². The van der Waals surface area contributed by atoms with E-state index in [-0.39, 0.29) is 24.2 Å². The first-order valence-electron chi connectivity index (χ1n) is 7.65. The number of nitrogens with one attached hydrogen (secondary N) is 1. The van der Waals surface area contributed by atoms with Crippen molar-refractivity contribution in [3.63, 3.8) is 0 Å². The molecule has 0 saturated carbocycles. The van der Waals surface area contributed by atoms with Crippen LogP contribution in [0.1, 0.15) is 24.1 Å². The van der Waals surface area contributed by atoms with Crippen LogP contribution in [0.5, 0.6) is 0 Å². The van der Waals surface area contributed by atoms with Gasteiger partial charge < -0.3 is 5.32 Å². The highest BCUT2D eigenvalue weighted by Crippen LogP contribution is 2.24. The van der Waals surface area contributed by atoms with Crippen LogP contribution in [0.2, 0.25) is 0 Å². The molecule has 0 bridgehead atoms. The van der Waals surface area contributed by atoms with Gasteiger partial charge in [-0.1, -0.05) is 54.6 Å². The fourth-order valence-corrected chi connectivity index (χ4v) is 2.83. The lowest BCUT2D eigenvalue weighted by Gasteiger charge is -2.16. The van der Waals surface area contributed by atoms with E-state index >= 15 is 0 Å². The second-order valence-electron chi connectivity index (χ2n) is 5.66. The molecule has 1 amide bonds. The monoisotopic (exact) mass is 307 g/mol. The summed E-state index contributed by atoms with van der Waals surface area (Å²) in [6.45, 7) is 1.96. The van der Waals surface area contributed by atoms with Crippen molar-refractivity contribution in [2.75, 3.05) is 0 Å². The molecular formula is C20H18FNO. The maximum Gasteiger partial charge on any atom is 0.224 e. The Morgan fingerprint density at radius 1 is 1.04 bits per heavy atom. The minimum Gasteiger partial charge on any atom is -0.349 e. The minimum atomic E-state index is -0.322. The molecule has 0 fully saturated rings. The topological polar surface area (TPSA) is 29.1 Å². The molecule has 0 aliphatic carbocycles. The molecule has 3 aromatic rings. The molecule has 1 unspecified atom stereocenters. The van der Waals surface area contributed by atoms with Gasteiger partial charge in [0.2, 0.25) is 5.91 Å². The first-order valence-corrected chi connectivity index (χ1v) is 7.65.